The lowest BCUT2D eigenvalue weighted by Gasteiger charge is -2.34. The van der Waals surface area contributed by atoms with Gasteiger partial charge in [-0.15, -0.1) is 0 Å². The number of hydrogen-bond acceptors (Lipinski definition) is 24. The number of rotatable bonds is 47. The lowest BCUT2D eigenvalue weighted by Crippen LogP contribution is -2.53. The number of carbonyl (C=O) groups is 8. The molecule has 31 heteroatoms. The maximum atomic E-state index is 14.2. The smallest absolute Gasteiger partial charge is 0.260 e. The van der Waals surface area contributed by atoms with Crippen LogP contribution in [0.15, 0.2) is 107 Å². The largest absolute Gasteiger partial charge is 0.493 e. The van der Waals surface area contributed by atoms with E-state index >= 15 is 0 Å². The number of ether oxygens (including phenoxy) is 12. The number of anilines is 2. The highest BCUT2D eigenvalue weighted by molar-refractivity contribution is 6.13. The summed E-state index contributed by atoms with van der Waals surface area (Å²) in [6.45, 7) is 15.7. The fourth-order valence-corrected chi connectivity index (χ4v) is 12.7. The first-order valence-electron chi connectivity index (χ1n) is 37.8. The van der Waals surface area contributed by atoms with Crippen LogP contribution in [0.2, 0.25) is 0 Å². The van der Waals surface area contributed by atoms with E-state index in [0.717, 1.165) is 53.4 Å². The van der Waals surface area contributed by atoms with E-state index < -0.39 is 35.7 Å². The average molecular weight is 1540 g/mol. The molecule has 4 N–H and O–H groups in total. The van der Waals surface area contributed by atoms with Crippen molar-refractivity contribution in [1.29, 1.82) is 0 Å². The number of nitrogens with zero attached hydrogens (tertiary/aromatic N) is 7. The van der Waals surface area contributed by atoms with Crippen LogP contribution < -0.4 is 45.1 Å². The number of likely N-dealkylation sites (N-methyl/N-ethyl adjacent to an activating group) is 1. The number of nitrogens with one attached hydrogen (secondary N) is 4. The molecule has 6 aliphatic rings. The summed E-state index contributed by atoms with van der Waals surface area (Å²) in [6.07, 6.45) is 11.3. The third-order valence-electron chi connectivity index (χ3n) is 19.0. The Labute approximate surface area is 646 Å². The molecule has 0 radical (unpaired) electrons. The number of fused-ring (bicyclic) bond motifs is 4. The predicted molar refractivity (Wildman–Crippen MR) is 413 cm³/mol. The summed E-state index contributed by atoms with van der Waals surface area (Å²) in [5, 5.41) is 11.0. The van der Waals surface area contributed by atoms with Gasteiger partial charge in [-0.3, -0.25) is 53.2 Å². The number of benzene rings is 4. The quantitative estimate of drug-likeness (QED) is 0.0300. The monoisotopic (exact) mass is 1540 g/mol. The number of piperazine rings is 1. The molecule has 598 valence electrons. The van der Waals surface area contributed by atoms with Crippen molar-refractivity contribution in [2.45, 2.75) is 77.0 Å². The minimum atomic E-state index is -0.944. The molecular formula is C80H103N11O20. The van der Waals surface area contributed by atoms with Gasteiger partial charge in [-0.05, 0) is 78.6 Å². The fraction of sp³-hybridized carbons (Fsp3) is 0.500. The lowest BCUT2D eigenvalue weighted by molar-refractivity contribution is -0.137. The molecule has 0 aliphatic carbocycles. The summed E-state index contributed by atoms with van der Waals surface area (Å²) in [7, 11) is 5.20. The molecule has 0 unspecified atom stereocenters. The second-order valence-corrected chi connectivity index (χ2v) is 27.3. The average Bonchev–Trinajstić information content (AvgIpc) is 1.64. The van der Waals surface area contributed by atoms with Crippen molar-refractivity contribution in [2.24, 2.45) is 15.9 Å². The van der Waals surface area contributed by atoms with Crippen LogP contribution in [-0.2, 0) is 66.7 Å². The molecule has 4 aromatic carbocycles. The highest BCUT2D eigenvalue weighted by atomic mass is 16.6. The molecule has 6 heterocycles. The van der Waals surface area contributed by atoms with Gasteiger partial charge in [0.25, 0.3) is 23.6 Å². The molecule has 0 bridgehead atoms. The third-order valence-corrected chi connectivity index (χ3v) is 19.0. The topological polar surface area (TPSA) is 336 Å². The molecule has 0 saturated carbocycles. The Hall–Kier alpha value is -9.96. The molecule has 10 rings (SSSR count). The molecule has 111 heavy (non-hydrogen) atoms. The van der Waals surface area contributed by atoms with Crippen LogP contribution in [0.4, 0.5) is 22.7 Å². The number of hydrogen-bond donors (Lipinski definition) is 4. The first kappa shape index (κ1) is 83.5. The maximum absolute atomic E-state index is 14.2. The molecule has 8 amide bonds. The van der Waals surface area contributed by atoms with E-state index in [-0.39, 0.29) is 87.4 Å². The lowest BCUT2D eigenvalue weighted by atomic mass is 10.0. The van der Waals surface area contributed by atoms with Gasteiger partial charge in [-0.25, -0.2) is 0 Å². The van der Waals surface area contributed by atoms with Gasteiger partial charge in [-0.2, -0.15) is 0 Å². The second-order valence-electron chi connectivity index (χ2n) is 27.3. The second kappa shape index (κ2) is 43.0. The molecule has 31 nitrogen and oxygen atoms in total. The summed E-state index contributed by atoms with van der Waals surface area (Å²) in [4.78, 5) is 122. The van der Waals surface area contributed by atoms with Gasteiger partial charge in [0.2, 0.25) is 23.6 Å². The first-order valence-corrected chi connectivity index (χ1v) is 37.8. The summed E-state index contributed by atoms with van der Waals surface area (Å²) in [6, 6.07) is 20.1. The summed E-state index contributed by atoms with van der Waals surface area (Å²) < 4.78 is 68.0. The van der Waals surface area contributed by atoms with Crippen LogP contribution in [0, 0.1) is 5.92 Å². The van der Waals surface area contributed by atoms with Crippen molar-refractivity contribution in [3.8, 4) is 23.0 Å². The zero-order valence-electron chi connectivity index (χ0n) is 64.1. The Kier molecular flexibility index (Phi) is 32.4. The van der Waals surface area contributed by atoms with Gasteiger partial charge in [0, 0.05) is 132 Å². The van der Waals surface area contributed by atoms with Crippen LogP contribution in [0.3, 0.4) is 0 Å². The Balaban J connectivity index is 0.543. The van der Waals surface area contributed by atoms with Crippen molar-refractivity contribution in [2.75, 3.05) is 190 Å². The fourth-order valence-electron chi connectivity index (χ4n) is 12.7. The Morgan fingerprint density at radius 1 is 0.505 bits per heavy atom. The summed E-state index contributed by atoms with van der Waals surface area (Å²) in [5.74, 6) is -1.54. The van der Waals surface area contributed by atoms with E-state index in [1.807, 2.05) is 30.7 Å². The van der Waals surface area contributed by atoms with Crippen molar-refractivity contribution in [1.82, 2.24) is 35.6 Å². The van der Waals surface area contributed by atoms with Gasteiger partial charge in [0.1, 0.15) is 12.1 Å². The van der Waals surface area contributed by atoms with Crippen LogP contribution >= 0.6 is 0 Å². The Bertz CT molecular complexity index is 3970. The Morgan fingerprint density at radius 2 is 0.955 bits per heavy atom. The summed E-state index contributed by atoms with van der Waals surface area (Å²) >= 11 is 0. The number of carbonyl (C=O) groups excluding carboxylic acids is 8. The number of imide groups is 1. The van der Waals surface area contributed by atoms with E-state index in [9.17, 15) is 38.4 Å². The zero-order chi connectivity index (χ0) is 78.4. The maximum Gasteiger partial charge on any atom is 0.260 e. The van der Waals surface area contributed by atoms with Gasteiger partial charge < -0.3 is 97.7 Å². The highest BCUT2D eigenvalue weighted by Crippen LogP contribution is 2.42. The molecule has 0 aromatic heterocycles. The van der Waals surface area contributed by atoms with Gasteiger partial charge in [-0.1, -0.05) is 38.1 Å². The van der Waals surface area contributed by atoms with E-state index in [0.29, 0.717) is 169 Å². The standard InChI is InChI=1S/C80H103N11O20/c1-54(2)76(86-73(93)19-28-102-30-32-104-34-36-106-38-40-108-42-43-109-41-39-107-37-35-105-33-31-103-29-20-81-72(92)18-21-89-74(94)16-17-75(89)95)78(97)84-55(3)77(96)85-60-12-8-56(9-13-60)58-44-62-50-82-66-48-70(68(100-5)46-64(66)79(98)90(62)52-58)110-26-7-27-111-71-49-67-65(47-69(71)101-6)80(99)91-53-59(45-63(91)51-83-67)57-10-14-61(15-11-57)88-24-22-87(4)23-25-88/h8-17,46-55,62-63,76H,7,18-45H2,1-6H3,(H,81,92)(H,84,97)(H,85,96)(H,86,93)/t55-,62-,63-,76-/m0/s1. The van der Waals surface area contributed by atoms with Gasteiger partial charge in [0.05, 0.1) is 168 Å². The van der Waals surface area contributed by atoms with Crippen LogP contribution in [0.1, 0.15) is 84.7 Å². The number of amides is 8. The van der Waals surface area contributed by atoms with E-state index in [1.165, 1.54) is 32.1 Å². The summed E-state index contributed by atoms with van der Waals surface area (Å²) in [5.41, 5.74) is 7.28. The van der Waals surface area contributed by atoms with Gasteiger partial charge in [0.15, 0.2) is 23.0 Å². The minimum absolute atomic E-state index is 0.0120. The van der Waals surface area contributed by atoms with E-state index in [4.69, 9.17) is 66.8 Å². The van der Waals surface area contributed by atoms with Crippen molar-refractivity contribution in [3.05, 3.63) is 120 Å². The van der Waals surface area contributed by atoms with Crippen molar-refractivity contribution >= 4 is 93.6 Å². The van der Waals surface area contributed by atoms with E-state index in [1.54, 1.807) is 73.2 Å². The van der Waals surface area contributed by atoms with Crippen molar-refractivity contribution in [3.63, 3.8) is 0 Å². The van der Waals surface area contributed by atoms with E-state index in [2.05, 4.69) is 62.4 Å². The normalized spacial score (nSPS) is 17.0. The Morgan fingerprint density at radius 3 is 1.41 bits per heavy atom. The molecular weight excluding hydrogens is 1430 g/mol. The highest BCUT2D eigenvalue weighted by Gasteiger charge is 2.36. The first-order chi connectivity index (χ1) is 53.9. The van der Waals surface area contributed by atoms with Crippen molar-refractivity contribution < 1.29 is 95.2 Å². The molecule has 0 spiro atoms. The van der Waals surface area contributed by atoms with Crippen LogP contribution in [-0.4, -0.2) is 283 Å². The number of aliphatic imine (C=N–C) groups is 2. The SMILES string of the molecule is COc1cc2c(cc1OCCCOc1cc3c(cc1OC)C(=O)N1C=C(c4ccc(N5CCN(C)CC5)cc4)C[C@H]1C=N3)N=C[C@@H]1CC(c3ccc(NC(=O)[C@H](C)NC(=O)[C@@H](NC(=O)CCOCCOCCOCCOCCOCCOCCOCCOCCNC(=O)CCN4C(=O)C=CC4=O)C(C)C)cc3)=CN1C2=O. The molecule has 6 aliphatic heterocycles. The zero-order valence-corrected chi connectivity index (χ0v) is 64.1. The van der Waals surface area contributed by atoms with Gasteiger partial charge >= 0.3 is 0 Å². The molecule has 4 atom stereocenters. The third kappa shape index (κ3) is 24.5. The number of methoxy groups -OCH3 is 2. The minimum Gasteiger partial charge on any atom is -0.493 e. The predicted octanol–water partition coefficient (Wildman–Crippen LogP) is 5.78. The molecule has 1 fully saturated rings. The molecule has 4 aromatic rings. The van der Waals surface area contributed by atoms with Crippen LogP contribution in [0.25, 0.3) is 11.1 Å². The molecule has 1 saturated heterocycles. The van der Waals surface area contributed by atoms with Crippen LogP contribution in [0.5, 0.6) is 23.0 Å².